The molecule has 1 saturated carbocycles. The molecule has 6 heteroatoms. The lowest BCUT2D eigenvalue weighted by Crippen LogP contribution is -2.45. The van der Waals surface area contributed by atoms with Crippen LogP contribution in [-0.4, -0.2) is 26.9 Å². The van der Waals surface area contributed by atoms with E-state index in [2.05, 4.69) is 12.2 Å². The molecule has 0 heterocycles. The van der Waals surface area contributed by atoms with Crippen LogP contribution >= 0.6 is 0 Å². The summed E-state index contributed by atoms with van der Waals surface area (Å²) in [5, 5.41) is 3.06. The Morgan fingerprint density at radius 3 is 2.07 bits per heavy atom. The summed E-state index contributed by atoms with van der Waals surface area (Å²) < 4.78 is 28.2. The molecule has 3 rings (SSSR count). The molecule has 0 unspecified atom stereocenters. The highest BCUT2D eigenvalue weighted by Gasteiger charge is 2.29. The molecule has 30 heavy (non-hydrogen) atoms. The lowest BCUT2D eigenvalue weighted by molar-refractivity contribution is -0.120. The first-order valence-electron chi connectivity index (χ1n) is 10.6. The zero-order valence-electron chi connectivity index (χ0n) is 18.3. The zero-order valence-corrected chi connectivity index (χ0v) is 19.1. The largest absolute Gasteiger partial charge is 0.352 e. The molecular weight excluding hydrogens is 396 g/mol. The molecule has 0 saturated heterocycles. The monoisotopic (exact) mass is 428 g/mol. The average molecular weight is 429 g/mol. The molecule has 1 aliphatic rings. The molecule has 2 aromatic carbocycles. The van der Waals surface area contributed by atoms with Crippen LogP contribution < -0.4 is 9.62 Å². The summed E-state index contributed by atoms with van der Waals surface area (Å²) in [5.41, 5.74) is 3.41. The van der Waals surface area contributed by atoms with Crippen molar-refractivity contribution in [3.63, 3.8) is 0 Å². The Morgan fingerprint density at radius 1 is 0.933 bits per heavy atom. The van der Waals surface area contributed by atoms with Gasteiger partial charge >= 0.3 is 0 Å². The second kappa shape index (κ2) is 9.21. The number of carbonyl (C=O) groups is 1. The van der Waals surface area contributed by atoms with Crippen LogP contribution in [0.3, 0.4) is 0 Å². The summed E-state index contributed by atoms with van der Waals surface area (Å²) in [4.78, 5) is 13.0. The fraction of sp³-hybridized carbons (Fsp3) is 0.458. The van der Waals surface area contributed by atoms with E-state index in [1.165, 1.54) is 4.31 Å². The van der Waals surface area contributed by atoms with E-state index in [-0.39, 0.29) is 23.4 Å². The second-order valence-corrected chi connectivity index (χ2v) is 10.6. The van der Waals surface area contributed by atoms with Gasteiger partial charge in [-0.3, -0.25) is 9.10 Å². The lowest BCUT2D eigenvalue weighted by atomic mass is 9.87. The van der Waals surface area contributed by atoms with E-state index in [1.807, 2.05) is 39.0 Å². The van der Waals surface area contributed by atoms with Crippen molar-refractivity contribution in [2.24, 2.45) is 5.92 Å². The smallest absolute Gasteiger partial charge is 0.264 e. The summed E-state index contributed by atoms with van der Waals surface area (Å²) in [6.45, 7) is 7.77. The Hall–Kier alpha value is -2.34. The van der Waals surface area contributed by atoms with Gasteiger partial charge in [-0.05, 0) is 87.8 Å². The normalized spacial score (nSPS) is 19.3. The van der Waals surface area contributed by atoms with Gasteiger partial charge in [0.15, 0.2) is 0 Å². The number of nitrogens with one attached hydrogen (secondary N) is 1. The Balaban J connectivity index is 1.89. The highest BCUT2D eigenvalue weighted by Crippen LogP contribution is 2.27. The van der Waals surface area contributed by atoms with Gasteiger partial charge in [0, 0.05) is 6.04 Å². The summed E-state index contributed by atoms with van der Waals surface area (Å²) in [7, 11) is -3.88. The Morgan fingerprint density at radius 2 is 1.50 bits per heavy atom. The van der Waals surface area contributed by atoms with Crippen molar-refractivity contribution in [3.05, 3.63) is 59.2 Å². The maximum absolute atomic E-state index is 13.5. The van der Waals surface area contributed by atoms with Crippen molar-refractivity contribution < 1.29 is 13.2 Å². The van der Waals surface area contributed by atoms with Crippen LogP contribution in [0.25, 0.3) is 0 Å². The van der Waals surface area contributed by atoms with Crippen molar-refractivity contribution in [1.29, 1.82) is 0 Å². The number of carbonyl (C=O) groups excluding carboxylic acids is 1. The minimum Gasteiger partial charge on any atom is -0.352 e. The van der Waals surface area contributed by atoms with E-state index in [0.717, 1.165) is 42.4 Å². The molecule has 0 spiro atoms. The molecule has 1 N–H and O–H groups in total. The molecular formula is C24H32N2O3S. The highest BCUT2D eigenvalue weighted by molar-refractivity contribution is 7.92. The molecule has 0 radical (unpaired) electrons. The number of amides is 1. The molecule has 1 aliphatic carbocycles. The highest BCUT2D eigenvalue weighted by atomic mass is 32.2. The predicted octanol–water partition coefficient (Wildman–Crippen LogP) is 4.50. The Labute approximate surface area is 180 Å². The molecule has 162 valence electrons. The third-order valence-electron chi connectivity index (χ3n) is 5.77. The number of benzene rings is 2. The maximum Gasteiger partial charge on any atom is 0.264 e. The number of hydrogen-bond acceptors (Lipinski definition) is 3. The number of anilines is 1. The van der Waals surface area contributed by atoms with Crippen LogP contribution in [0.1, 0.15) is 49.3 Å². The number of sulfonamides is 1. The van der Waals surface area contributed by atoms with Crippen LogP contribution in [0.2, 0.25) is 0 Å². The van der Waals surface area contributed by atoms with Crippen molar-refractivity contribution in [2.75, 3.05) is 10.8 Å². The van der Waals surface area contributed by atoms with Crippen LogP contribution in [-0.2, 0) is 14.8 Å². The first kappa shape index (κ1) is 22.3. The van der Waals surface area contributed by atoms with Gasteiger partial charge in [0.1, 0.15) is 6.54 Å². The van der Waals surface area contributed by atoms with Crippen LogP contribution in [0.5, 0.6) is 0 Å². The summed E-state index contributed by atoms with van der Waals surface area (Å²) in [5.74, 6) is 0.427. The number of nitrogens with zero attached hydrogens (tertiary/aromatic N) is 1. The first-order chi connectivity index (χ1) is 14.1. The van der Waals surface area contributed by atoms with Crippen LogP contribution in [0, 0.1) is 26.7 Å². The van der Waals surface area contributed by atoms with Crippen LogP contribution in [0.4, 0.5) is 5.69 Å². The van der Waals surface area contributed by atoms with Gasteiger partial charge in [-0.1, -0.05) is 30.7 Å². The summed E-state index contributed by atoms with van der Waals surface area (Å²) >= 11 is 0. The van der Waals surface area contributed by atoms with E-state index in [0.29, 0.717) is 11.6 Å². The molecule has 0 aromatic heterocycles. The maximum atomic E-state index is 13.5. The molecule has 1 fully saturated rings. The topological polar surface area (TPSA) is 66.5 Å². The van der Waals surface area contributed by atoms with Gasteiger partial charge in [-0.15, -0.1) is 0 Å². The minimum absolute atomic E-state index is 0.122. The lowest BCUT2D eigenvalue weighted by Gasteiger charge is -2.29. The average Bonchev–Trinajstić information content (AvgIpc) is 2.67. The quantitative estimate of drug-likeness (QED) is 0.737. The van der Waals surface area contributed by atoms with E-state index in [9.17, 15) is 13.2 Å². The van der Waals surface area contributed by atoms with E-state index < -0.39 is 10.0 Å². The molecule has 0 aliphatic heterocycles. The van der Waals surface area contributed by atoms with Crippen molar-refractivity contribution in [1.82, 2.24) is 5.32 Å². The Bertz CT molecular complexity index is 971. The predicted molar refractivity (Wildman–Crippen MR) is 121 cm³/mol. The third kappa shape index (κ3) is 5.42. The first-order valence-corrected chi connectivity index (χ1v) is 12.1. The van der Waals surface area contributed by atoms with Gasteiger partial charge in [-0.25, -0.2) is 8.42 Å². The molecule has 0 atom stereocenters. The molecule has 1 amide bonds. The molecule has 5 nitrogen and oxygen atoms in total. The zero-order chi connectivity index (χ0) is 21.9. The van der Waals surface area contributed by atoms with Gasteiger partial charge < -0.3 is 5.32 Å². The minimum atomic E-state index is -3.88. The third-order valence-corrected chi connectivity index (χ3v) is 7.56. The number of rotatable bonds is 6. The fourth-order valence-corrected chi connectivity index (χ4v) is 5.46. The van der Waals surface area contributed by atoms with Gasteiger partial charge in [-0.2, -0.15) is 0 Å². The van der Waals surface area contributed by atoms with E-state index >= 15 is 0 Å². The number of aryl methyl sites for hydroxylation is 3. The number of hydrogen-bond donors (Lipinski definition) is 1. The molecule has 0 bridgehead atoms. The van der Waals surface area contributed by atoms with Crippen molar-refractivity contribution in [2.45, 2.75) is 64.3 Å². The summed E-state index contributed by atoms with van der Waals surface area (Å²) in [6.07, 6.45) is 4.07. The standard InChI is InChI=1S/C24H32N2O3S/c1-17-5-9-21(10-6-17)25-24(27)16-26(22-14-19(3)13-20(4)15-22)30(28,29)23-11-7-18(2)8-12-23/h7-8,11-15,17,21H,5-6,9-10,16H2,1-4H3,(H,25,27). The van der Waals surface area contributed by atoms with Crippen molar-refractivity contribution in [3.8, 4) is 0 Å². The van der Waals surface area contributed by atoms with E-state index in [4.69, 9.17) is 0 Å². The fourth-order valence-electron chi connectivity index (χ4n) is 4.06. The SMILES string of the molecule is Cc1ccc(S(=O)(=O)N(CC(=O)NC2CCC(C)CC2)c2cc(C)cc(C)c2)cc1. The van der Waals surface area contributed by atoms with Gasteiger partial charge in [0.2, 0.25) is 5.91 Å². The van der Waals surface area contributed by atoms with E-state index in [1.54, 1.807) is 24.3 Å². The second-order valence-electron chi connectivity index (χ2n) is 8.69. The Kier molecular flexibility index (Phi) is 6.86. The molecule has 2 aromatic rings. The summed E-state index contributed by atoms with van der Waals surface area (Å²) in [6, 6.07) is 12.5. The van der Waals surface area contributed by atoms with Gasteiger partial charge in [0.25, 0.3) is 10.0 Å². The van der Waals surface area contributed by atoms with Crippen LogP contribution in [0.15, 0.2) is 47.4 Å². The van der Waals surface area contributed by atoms with Gasteiger partial charge in [0.05, 0.1) is 10.6 Å². The van der Waals surface area contributed by atoms with Crippen molar-refractivity contribution >= 4 is 21.6 Å².